The standard InChI is InChI=1S/C25H36N4O3.HI/c1-19-17-29(12-13-32-19)18-22-7-5-6-21(14-22)16-28-25(26-2)27-11-10-20-8-9-23(30-3)24(15-20)31-4;/h5-9,14-15,19H,10-13,16-18H2,1-4H3,(H2,26,27,28);1H. The van der Waals surface area contributed by atoms with Crippen molar-refractivity contribution in [2.24, 2.45) is 4.99 Å². The summed E-state index contributed by atoms with van der Waals surface area (Å²) >= 11 is 0. The number of nitrogens with one attached hydrogen (secondary N) is 2. The Morgan fingerprint density at radius 1 is 1.06 bits per heavy atom. The van der Waals surface area contributed by atoms with Gasteiger partial charge in [-0.2, -0.15) is 0 Å². The summed E-state index contributed by atoms with van der Waals surface area (Å²) < 4.78 is 16.3. The number of guanidine groups is 1. The fourth-order valence-electron chi connectivity index (χ4n) is 3.90. The van der Waals surface area contributed by atoms with E-state index in [-0.39, 0.29) is 24.0 Å². The molecule has 182 valence electrons. The van der Waals surface area contributed by atoms with Crippen LogP contribution in [0.15, 0.2) is 47.5 Å². The molecule has 1 aliphatic heterocycles. The lowest BCUT2D eigenvalue weighted by atomic mass is 10.1. The molecule has 1 heterocycles. The van der Waals surface area contributed by atoms with Crippen molar-refractivity contribution >= 4 is 29.9 Å². The predicted octanol–water partition coefficient (Wildman–Crippen LogP) is 3.45. The van der Waals surface area contributed by atoms with Crippen molar-refractivity contribution in [3.8, 4) is 11.5 Å². The Labute approximate surface area is 214 Å². The van der Waals surface area contributed by atoms with Gasteiger partial charge in [-0.25, -0.2) is 0 Å². The highest BCUT2D eigenvalue weighted by molar-refractivity contribution is 14.0. The average Bonchev–Trinajstić information content (AvgIpc) is 2.81. The first-order valence-electron chi connectivity index (χ1n) is 11.2. The largest absolute Gasteiger partial charge is 0.493 e. The van der Waals surface area contributed by atoms with Crippen LogP contribution in [0.25, 0.3) is 0 Å². The van der Waals surface area contributed by atoms with Crippen LogP contribution in [0.5, 0.6) is 11.5 Å². The van der Waals surface area contributed by atoms with E-state index >= 15 is 0 Å². The lowest BCUT2D eigenvalue weighted by Crippen LogP contribution is -2.40. The Bertz CT molecular complexity index is 894. The van der Waals surface area contributed by atoms with Crippen LogP contribution in [0.2, 0.25) is 0 Å². The minimum atomic E-state index is 0. The summed E-state index contributed by atoms with van der Waals surface area (Å²) in [6, 6.07) is 14.7. The van der Waals surface area contributed by atoms with E-state index in [4.69, 9.17) is 14.2 Å². The van der Waals surface area contributed by atoms with Gasteiger partial charge >= 0.3 is 0 Å². The van der Waals surface area contributed by atoms with Gasteiger partial charge in [0.2, 0.25) is 0 Å². The normalized spacial score (nSPS) is 16.6. The molecule has 0 aliphatic carbocycles. The number of halogens is 1. The van der Waals surface area contributed by atoms with Crippen LogP contribution in [0.3, 0.4) is 0 Å². The first-order valence-corrected chi connectivity index (χ1v) is 11.2. The van der Waals surface area contributed by atoms with Crippen molar-refractivity contribution < 1.29 is 14.2 Å². The SMILES string of the molecule is CN=C(NCCc1ccc(OC)c(OC)c1)NCc1cccc(CN2CCOC(C)C2)c1.I. The van der Waals surface area contributed by atoms with Crippen LogP contribution in [-0.4, -0.2) is 64.5 Å². The molecule has 0 amide bonds. The molecule has 1 atom stereocenters. The molecule has 2 N–H and O–H groups in total. The number of hydrogen-bond acceptors (Lipinski definition) is 5. The molecule has 0 spiro atoms. The Kier molecular flexibility index (Phi) is 11.8. The predicted molar refractivity (Wildman–Crippen MR) is 144 cm³/mol. The maximum atomic E-state index is 5.65. The fraction of sp³-hybridized carbons (Fsp3) is 0.480. The van der Waals surface area contributed by atoms with Gasteiger partial charge in [-0.05, 0) is 42.2 Å². The molecule has 1 unspecified atom stereocenters. The summed E-state index contributed by atoms with van der Waals surface area (Å²) in [7, 11) is 5.09. The van der Waals surface area contributed by atoms with Crippen molar-refractivity contribution in [2.45, 2.75) is 32.5 Å². The van der Waals surface area contributed by atoms with Crippen LogP contribution < -0.4 is 20.1 Å². The molecule has 2 aromatic rings. The molecule has 0 bridgehead atoms. The third-order valence-electron chi connectivity index (χ3n) is 5.56. The number of hydrogen-bond donors (Lipinski definition) is 2. The number of benzene rings is 2. The third kappa shape index (κ3) is 8.68. The first-order chi connectivity index (χ1) is 15.6. The highest BCUT2D eigenvalue weighted by Gasteiger charge is 2.16. The van der Waals surface area contributed by atoms with Gasteiger partial charge in [0, 0.05) is 39.8 Å². The van der Waals surface area contributed by atoms with E-state index in [9.17, 15) is 0 Å². The van der Waals surface area contributed by atoms with E-state index in [1.807, 2.05) is 12.1 Å². The molecule has 8 heteroatoms. The van der Waals surface area contributed by atoms with Crippen LogP contribution >= 0.6 is 24.0 Å². The molecule has 0 radical (unpaired) electrons. The zero-order valence-corrected chi connectivity index (χ0v) is 22.4. The Balaban J connectivity index is 0.00000385. The van der Waals surface area contributed by atoms with Crippen molar-refractivity contribution in [3.05, 3.63) is 59.2 Å². The van der Waals surface area contributed by atoms with E-state index in [0.29, 0.717) is 6.10 Å². The quantitative estimate of drug-likeness (QED) is 0.275. The van der Waals surface area contributed by atoms with Crippen LogP contribution in [0, 0.1) is 0 Å². The van der Waals surface area contributed by atoms with Crippen molar-refractivity contribution in [2.75, 3.05) is 47.5 Å². The molecule has 1 saturated heterocycles. The summed E-state index contributed by atoms with van der Waals surface area (Å²) in [6.07, 6.45) is 1.16. The van der Waals surface area contributed by atoms with E-state index in [1.165, 1.54) is 16.7 Å². The second-order valence-electron chi connectivity index (χ2n) is 8.03. The summed E-state index contributed by atoms with van der Waals surface area (Å²) in [6.45, 7) is 7.38. The molecular weight excluding hydrogens is 531 g/mol. The van der Waals surface area contributed by atoms with E-state index in [0.717, 1.165) is 63.2 Å². The van der Waals surface area contributed by atoms with E-state index < -0.39 is 0 Å². The summed E-state index contributed by atoms with van der Waals surface area (Å²) in [5.41, 5.74) is 3.75. The molecule has 33 heavy (non-hydrogen) atoms. The van der Waals surface area contributed by atoms with E-state index in [1.54, 1.807) is 21.3 Å². The Hall–Kier alpha value is -2.04. The minimum Gasteiger partial charge on any atom is -0.493 e. The maximum absolute atomic E-state index is 5.65. The maximum Gasteiger partial charge on any atom is 0.191 e. The Morgan fingerprint density at radius 3 is 2.58 bits per heavy atom. The smallest absolute Gasteiger partial charge is 0.191 e. The van der Waals surface area contributed by atoms with Gasteiger partial charge in [0.1, 0.15) is 0 Å². The fourth-order valence-corrected chi connectivity index (χ4v) is 3.90. The summed E-state index contributed by atoms with van der Waals surface area (Å²) in [5, 5.41) is 6.80. The zero-order valence-electron chi connectivity index (χ0n) is 20.1. The Morgan fingerprint density at radius 2 is 1.85 bits per heavy atom. The summed E-state index contributed by atoms with van der Waals surface area (Å²) in [5.74, 6) is 2.28. The van der Waals surface area contributed by atoms with Crippen LogP contribution in [0.4, 0.5) is 0 Å². The molecule has 0 saturated carbocycles. The van der Waals surface area contributed by atoms with Gasteiger partial charge in [-0.3, -0.25) is 9.89 Å². The van der Waals surface area contributed by atoms with Gasteiger partial charge in [-0.15, -0.1) is 24.0 Å². The summed E-state index contributed by atoms with van der Waals surface area (Å²) in [4.78, 5) is 6.80. The van der Waals surface area contributed by atoms with E-state index in [2.05, 4.69) is 57.8 Å². The molecule has 2 aromatic carbocycles. The first kappa shape index (κ1) is 27.2. The van der Waals surface area contributed by atoms with Gasteiger partial charge in [0.15, 0.2) is 17.5 Å². The second kappa shape index (κ2) is 14.3. The highest BCUT2D eigenvalue weighted by Crippen LogP contribution is 2.27. The molecule has 1 fully saturated rings. The van der Waals surface area contributed by atoms with Crippen molar-refractivity contribution in [1.82, 2.24) is 15.5 Å². The van der Waals surface area contributed by atoms with Gasteiger partial charge in [0.05, 0.1) is 26.9 Å². The second-order valence-corrected chi connectivity index (χ2v) is 8.03. The molecular formula is C25H37IN4O3. The minimum absolute atomic E-state index is 0. The number of ether oxygens (including phenoxy) is 3. The van der Waals surface area contributed by atoms with Crippen molar-refractivity contribution in [3.63, 3.8) is 0 Å². The molecule has 3 rings (SSSR count). The zero-order chi connectivity index (χ0) is 22.8. The molecule has 7 nitrogen and oxygen atoms in total. The topological polar surface area (TPSA) is 67.4 Å². The van der Waals surface area contributed by atoms with Gasteiger partial charge in [-0.1, -0.05) is 30.3 Å². The van der Waals surface area contributed by atoms with Gasteiger partial charge in [0.25, 0.3) is 0 Å². The number of morpholine rings is 1. The van der Waals surface area contributed by atoms with Gasteiger partial charge < -0.3 is 24.8 Å². The monoisotopic (exact) mass is 568 g/mol. The third-order valence-corrected chi connectivity index (χ3v) is 5.56. The number of methoxy groups -OCH3 is 2. The number of aliphatic imine (C=N–C) groups is 1. The van der Waals surface area contributed by atoms with Crippen molar-refractivity contribution in [1.29, 1.82) is 0 Å². The molecule has 1 aliphatic rings. The number of nitrogens with zero attached hydrogens (tertiary/aromatic N) is 2. The molecule has 0 aromatic heterocycles. The highest BCUT2D eigenvalue weighted by atomic mass is 127. The van der Waals surface area contributed by atoms with Crippen LogP contribution in [-0.2, 0) is 24.2 Å². The lowest BCUT2D eigenvalue weighted by molar-refractivity contribution is -0.0212. The van der Waals surface area contributed by atoms with Crippen LogP contribution in [0.1, 0.15) is 23.6 Å². The number of rotatable bonds is 9. The average molecular weight is 569 g/mol. The lowest BCUT2D eigenvalue weighted by Gasteiger charge is -2.31.